The lowest BCUT2D eigenvalue weighted by Crippen LogP contribution is -2.30. The Kier molecular flexibility index (Phi) is 51.9. The van der Waals surface area contributed by atoms with Gasteiger partial charge in [0.25, 0.3) is 0 Å². The molecule has 382 valence electrons. The van der Waals surface area contributed by atoms with E-state index in [2.05, 4.69) is 118 Å². The molecular weight excluding hydrogens is 829 g/mol. The van der Waals surface area contributed by atoms with E-state index in [1.165, 1.54) is 77.0 Å². The third-order valence-electron chi connectivity index (χ3n) is 11.5. The Morgan fingerprint density at radius 1 is 0.313 bits per heavy atom. The van der Waals surface area contributed by atoms with E-state index in [0.29, 0.717) is 19.3 Å². The fourth-order valence-electron chi connectivity index (χ4n) is 7.37. The number of unbranched alkanes of at least 4 members (excludes halogenated alkanes) is 22. The van der Waals surface area contributed by atoms with Gasteiger partial charge in [0.2, 0.25) is 0 Å². The van der Waals surface area contributed by atoms with Gasteiger partial charge in [-0.1, -0.05) is 208 Å². The molecule has 0 aromatic rings. The van der Waals surface area contributed by atoms with Crippen LogP contribution in [0.2, 0.25) is 0 Å². The topological polar surface area (TPSA) is 78.9 Å². The van der Waals surface area contributed by atoms with Crippen LogP contribution in [0.5, 0.6) is 0 Å². The minimum atomic E-state index is -0.801. The van der Waals surface area contributed by atoms with Gasteiger partial charge in [-0.15, -0.1) is 0 Å². The highest BCUT2D eigenvalue weighted by atomic mass is 16.6. The maximum Gasteiger partial charge on any atom is 0.306 e. The first-order valence-corrected chi connectivity index (χ1v) is 27.7. The molecule has 0 fully saturated rings. The molecule has 0 heterocycles. The highest BCUT2D eigenvalue weighted by molar-refractivity contribution is 5.71. The lowest BCUT2D eigenvalue weighted by atomic mass is 10.1. The zero-order valence-corrected chi connectivity index (χ0v) is 43.6. The summed E-state index contributed by atoms with van der Waals surface area (Å²) in [6.07, 6.45) is 72.4. The SMILES string of the molecule is CC/C=C\C/C=C\C/C=C\CCCCCCCC(=O)O[C@H](COC(=O)CCCCCC/C=C\C/C=C\C/C=C\CCCCC)COC(=O)CCCCCCCCC/C=C\C/C=C\CCCCC. The highest BCUT2D eigenvalue weighted by Crippen LogP contribution is 2.14. The first-order chi connectivity index (χ1) is 33.0. The zero-order chi connectivity index (χ0) is 48.6. The molecule has 0 N–H and O–H groups in total. The lowest BCUT2D eigenvalue weighted by Gasteiger charge is -2.18. The van der Waals surface area contributed by atoms with Gasteiger partial charge in [0.05, 0.1) is 0 Å². The van der Waals surface area contributed by atoms with Crippen molar-refractivity contribution in [2.75, 3.05) is 13.2 Å². The molecule has 0 rings (SSSR count). The van der Waals surface area contributed by atoms with E-state index in [4.69, 9.17) is 14.2 Å². The van der Waals surface area contributed by atoms with Gasteiger partial charge >= 0.3 is 17.9 Å². The van der Waals surface area contributed by atoms with Crippen LogP contribution in [-0.4, -0.2) is 37.2 Å². The molecule has 0 aromatic heterocycles. The van der Waals surface area contributed by atoms with Crippen molar-refractivity contribution in [2.45, 2.75) is 258 Å². The van der Waals surface area contributed by atoms with Crippen molar-refractivity contribution < 1.29 is 28.6 Å². The van der Waals surface area contributed by atoms with E-state index in [1.807, 2.05) is 0 Å². The molecule has 0 bridgehead atoms. The third-order valence-corrected chi connectivity index (χ3v) is 11.5. The van der Waals surface area contributed by atoms with Crippen LogP contribution in [0.25, 0.3) is 0 Å². The summed E-state index contributed by atoms with van der Waals surface area (Å²) >= 11 is 0. The Morgan fingerprint density at radius 3 is 0.910 bits per heavy atom. The number of allylic oxidation sites excluding steroid dienone is 16. The van der Waals surface area contributed by atoms with Crippen LogP contribution in [0, 0.1) is 0 Å². The fourth-order valence-corrected chi connectivity index (χ4v) is 7.37. The van der Waals surface area contributed by atoms with Crippen LogP contribution < -0.4 is 0 Å². The van der Waals surface area contributed by atoms with Crippen molar-refractivity contribution >= 4 is 17.9 Å². The molecular formula is C61H102O6. The van der Waals surface area contributed by atoms with Gasteiger partial charge in [-0.25, -0.2) is 0 Å². The summed E-state index contributed by atoms with van der Waals surface area (Å²) in [5.41, 5.74) is 0. The summed E-state index contributed by atoms with van der Waals surface area (Å²) in [6.45, 7) is 6.43. The second-order valence-electron chi connectivity index (χ2n) is 18.1. The minimum absolute atomic E-state index is 0.0970. The molecule has 0 aliphatic heterocycles. The average Bonchev–Trinajstić information content (AvgIpc) is 3.33. The fraction of sp³-hybridized carbons (Fsp3) is 0.689. The van der Waals surface area contributed by atoms with E-state index in [9.17, 15) is 14.4 Å². The van der Waals surface area contributed by atoms with Gasteiger partial charge in [0.15, 0.2) is 6.10 Å². The van der Waals surface area contributed by atoms with Crippen LogP contribution >= 0.6 is 0 Å². The lowest BCUT2D eigenvalue weighted by molar-refractivity contribution is -0.167. The van der Waals surface area contributed by atoms with Crippen LogP contribution in [0.3, 0.4) is 0 Å². The standard InChI is InChI=1S/C61H102O6/c1-4-7-10-13-16-19-22-25-28-30-33-35-38-41-44-47-50-53-59(62)65-56-58(67-61(64)55-52-49-46-43-40-37-32-27-24-21-18-15-12-9-6-3)57-66-60(63)54-51-48-45-42-39-36-34-31-29-26-23-20-17-14-11-8-5-2/h9,12,16-21,25-29,32-33,35,58H,4-8,10-11,13-15,22-24,30-31,34,36-57H2,1-3H3/b12-9-,19-16-,20-17-,21-18-,28-25-,29-26-,32-27-,35-33-/t58-/m1/s1. The number of rotatable bonds is 49. The second-order valence-corrected chi connectivity index (χ2v) is 18.1. The summed E-state index contributed by atoms with van der Waals surface area (Å²) in [7, 11) is 0. The average molecular weight is 931 g/mol. The molecule has 67 heavy (non-hydrogen) atoms. The normalized spacial score (nSPS) is 12.8. The van der Waals surface area contributed by atoms with Crippen LogP contribution in [-0.2, 0) is 28.6 Å². The molecule has 0 aromatic carbocycles. The van der Waals surface area contributed by atoms with Crippen molar-refractivity contribution in [3.05, 3.63) is 97.2 Å². The van der Waals surface area contributed by atoms with Crippen LogP contribution in [0.4, 0.5) is 0 Å². The van der Waals surface area contributed by atoms with Gasteiger partial charge in [0.1, 0.15) is 13.2 Å². The predicted molar refractivity (Wildman–Crippen MR) is 288 cm³/mol. The summed E-state index contributed by atoms with van der Waals surface area (Å²) in [5.74, 6) is -0.943. The highest BCUT2D eigenvalue weighted by Gasteiger charge is 2.19. The molecule has 1 atom stereocenters. The summed E-state index contributed by atoms with van der Waals surface area (Å²) < 4.78 is 16.8. The Hall–Kier alpha value is -3.67. The number of hydrogen-bond acceptors (Lipinski definition) is 6. The van der Waals surface area contributed by atoms with E-state index in [-0.39, 0.29) is 31.1 Å². The van der Waals surface area contributed by atoms with Crippen molar-refractivity contribution in [3.8, 4) is 0 Å². The smallest absolute Gasteiger partial charge is 0.306 e. The number of carbonyl (C=O) groups is 3. The Morgan fingerprint density at radius 2 is 0.582 bits per heavy atom. The Labute approximate surface area is 413 Å². The molecule has 0 saturated heterocycles. The second kappa shape index (κ2) is 54.9. The first-order valence-electron chi connectivity index (χ1n) is 27.7. The van der Waals surface area contributed by atoms with E-state index < -0.39 is 6.10 Å². The van der Waals surface area contributed by atoms with Gasteiger partial charge in [-0.3, -0.25) is 14.4 Å². The maximum absolute atomic E-state index is 12.8. The van der Waals surface area contributed by atoms with Crippen molar-refractivity contribution in [2.24, 2.45) is 0 Å². The molecule has 6 heteroatoms. The van der Waals surface area contributed by atoms with E-state index in [0.717, 1.165) is 135 Å². The number of carbonyl (C=O) groups excluding carboxylic acids is 3. The molecule has 0 aliphatic rings. The molecule has 0 amide bonds. The number of esters is 3. The quantitative estimate of drug-likeness (QED) is 0.0262. The van der Waals surface area contributed by atoms with Crippen molar-refractivity contribution in [1.29, 1.82) is 0 Å². The Balaban J connectivity index is 4.47. The zero-order valence-electron chi connectivity index (χ0n) is 43.6. The summed E-state index contributed by atoms with van der Waals surface area (Å²) in [4.78, 5) is 38.1. The number of ether oxygens (including phenoxy) is 3. The molecule has 0 radical (unpaired) electrons. The molecule has 0 spiro atoms. The van der Waals surface area contributed by atoms with Crippen molar-refractivity contribution in [1.82, 2.24) is 0 Å². The minimum Gasteiger partial charge on any atom is -0.462 e. The largest absolute Gasteiger partial charge is 0.462 e. The predicted octanol–water partition coefficient (Wildman–Crippen LogP) is 18.5. The summed E-state index contributed by atoms with van der Waals surface area (Å²) in [5, 5.41) is 0. The summed E-state index contributed by atoms with van der Waals surface area (Å²) in [6, 6.07) is 0. The van der Waals surface area contributed by atoms with Crippen LogP contribution in [0.1, 0.15) is 252 Å². The van der Waals surface area contributed by atoms with Gasteiger partial charge < -0.3 is 14.2 Å². The first kappa shape index (κ1) is 63.3. The molecule has 6 nitrogen and oxygen atoms in total. The van der Waals surface area contributed by atoms with Gasteiger partial charge in [-0.2, -0.15) is 0 Å². The number of hydrogen-bond donors (Lipinski definition) is 0. The van der Waals surface area contributed by atoms with Gasteiger partial charge in [0, 0.05) is 19.3 Å². The monoisotopic (exact) mass is 931 g/mol. The maximum atomic E-state index is 12.8. The molecule has 0 unspecified atom stereocenters. The molecule has 0 aliphatic carbocycles. The van der Waals surface area contributed by atoms with Crippen LogP contribution in [0.15, 0.2) is 97.2 Å². The third kappa shape index (κ3) is 53.2. The molecule has 0 saturated carbocycles. The van der Waals surface area contributed by atoms with Crippen molar-refractivity contribution in [3.63, 3.8) is 0 Å². The van der Waals surface area contributed by atoms with E-state index >= 15 is 0 Å². The Bertz CT molecular complexity index is 1350. The van der Waals surface area contributed by atoms with E-state index in [1.54, 1.807) is 0 Å². The van der Waals surface area contributed by atoms with Gasteiger partial charge in [-0.05, 0) is 122 Å².